The van der Waals surface area contributed by atoms with Crippen LogP contribution in [0.5, 0.6) is 0 Å². The topological polar surface area (TPSA) is 62.3 Å². The first-order chi connectivity index (χ1) is 15.1. The van der Waals surface area contributed by atoms with E-state index in [9.17, 15) is 9.59 Å². The predicted octanol–water partition coefficient (Wildman–Crippen LogP) is 5.23. The first-order valence-corrected chi connectivity index (χ1v) is 12.2. The molecule has 5 nitrogen and oxygen atoms in total. The van der Waals surface area contributed by atoms with Crippen molar-refractivity contribution in [3.05, 3.63) is 76.1 Å². The largest absolute Gasteiger partial charge is 0.338 e. The molecule has 31 heavy (non-hydrogen) atoms. The molecule has 1 aliphatic heterocycles. The Balaban J connectivity index is 1.41. The number of thioether (sulfide) groups is 1. The first-order valence-electron chi connectivity index (χ1n) is 10.4. The van der Waals surface area contributed by atoms with Crippen molar-refractivity contribution >= 4 is 40.7 Å². The second-order valence-corrected chi connectivity index (χ2v) is 9.71. The Hall–Kier alpha value is -2.64. The van der Waals surface area contributed by atoms with Crippen LogP contribution in [0.3, 0.4) is 0 Å². The van der Waals surface area contributed by atoms with Crippen LogP contribution in [0.4, 0.5) is 5.82 Å². The molecule has 1 unspecified atom stereocenters. The minimum Gasteiger partial charge on any atom is -0.338 e. The Bertz CT molecular complexity index is 1040. The van der Waals surface area contributed by atoms with Crippen molar-refractivity contribution in [1.29, 1.82) is 0 Å². The van der Waals surface area contributed by atoms with Crippen LogP contribution in [0.2, 0.25) is 0 Å². The Kier molecular flexibility index (Phi) is 7.04. The number of carbonyl (C=O) groups is 2. The number of rotatable bonds is 6. The fourth-order valence-electron chi connectivity index (χ4n) is 3.63. The second kappa shape index (κ2) is 10.1. The van der Waals surface area contributed by atoms with E-state index in [-0.39, 0.29) is 17.7 Å². The smallest absolute Gasteiger partial charge is 0.255 e. The molecular weight excluding hydrogens is 426 g/mol. The molecule has 2 amide bonds. The third-order valence-corrected chi connectivity index (χ3v) is 7.49. The Morgan fingerprint density at radius 1 is 1.19 bits per heavy atom. The second-order valence-electron chi connectivity index (χ2n) is 7.66. The van der Waals surface area contributed by atoms with Crippen molar-refractivity contribution in [2.75, 3.05) is 18.4 Å². The highest BCUT2D eigenvalue weighted by molar-refractivity contribution is 7.98. The summed E-state index contributed by atoms with van der Waals surface area (Å²) in [5.74, 6) is 1.09. The molecule has 0 radical (unpaired) electrons. The average Bonchev–Trinajstić information content (AvgIpc) is 3.33. The lowest BCUT2D eigenvalue weighted by atomic mass is 9.96. The van der Waals surface area contributed by atoms with E-state index in [0.717, 1.165) is 29.1 Å². The van der Waals surface area contributed by atoms with Gasteiger partial charge in [-0.05, 0) is 55.0 Å². The van der Waals surface area contributed by atoms with Crippen LogP contribution in [0, 0.1) is 12.8 Å². The first kappa shape index (κ1) is 21.6. The molecule has 4 rings (SSSR count). The summed E-state index contributed by atoms with van der Waals surface area (Å²) < 4.78 is 0. The fourth-order valence-corrected chi connectivity index (χ4v) is 5.45. The van der Waals surface area contributed by atoms with Crippen LogP contribution in [0.15, 0.2) is 65.0 Å². The van der Waals surface area contributed by atoms with Gasteiger partial charge in [-0.3, -0.25) is 9.59 Å². The molecule has 1 saturated heterocycles. The number of likely N-dealkylation sites (tertiary alicyclic amines) is 1. The molecule has 7 heteroatoms. The zero-order valence-corrected chi connectivity index (χ0v) is 19.0. The van der Waals surface area contributed by atoms with Crippen LogP contribution in [-0.4, -0.2) is 34.8 Å². The molecule has 3 heterocycles. The van der Waals surface area contributed by atoms with Crippen molar-refractivity contribution in [1.82, 2.24) is 9.88 Å². The molecule has 1 N–H and O–H groups in total. The summed E-state index contributed by atoms with van der Waals surface area (Å²) >= 11 is 3.41. The number of thiophene rings is 1. The maximum atomic E-state index is 13.3. The third kappa shape index (κ3) is 5.54. The molecule has 0 aliphatic carbocycles. The molecule has 1 fully saturated rings. The van der Waals surface area contributed by atoms with Gasteiger partial charge in [0.25, 0.3) is 5.91 Å². The van der Waals surface area contributed by atoms with Gasteiger partial charge in [-0.15, -0.1) is 23.1 Å². The van der Waals surface area contributed by atoms with E-state index in [1.807, 2.05) is 48.2 Å². The number of carbonyl (C=O) groups excluding carboxylic acids is 2. The number of hydrogen-bond acceptors (Lipinski definition) is 5. The van der Waals surface area contributed by atoms with Gasteiger partial charge in [0.15, 0.2) is 0 Å². The fraction of sp³-hybridized carbons (Fsp3) is 0.292. The highest BCUT2D eigenvalue weighted by atomic mass is 32.2. The van der Waals surface area contributed by atoms with E-state index in [1.165, 1.54) is 4.88 Å². The third-order valence-electron chi connectivity index (χ3n) is 5.31. The lowest BCUT2D eigenvalue weighted by Crippen LogP contribution is -2.44. The number of anilines is 1. The molecule has 1 atom stereocenters. The van der Waals surface area contributed by atoms with Crippen molar-refractivity contribution in [2.45, 2.75) is 30.4 Å². The number of hydrogen-bond donors (Lipinski definition) is 1. The van der Waals surface area contributed by atoms with E-state index in [2.05, 4.69) is 21.7 Å². The highest BCUT2D eigenvalue weighted by Gasteiger charge is 2.30. The highest BCUT2D eigenvalue weighted by Crippen LogP contribution is 2.30. The zero-order valence-electron chi connectivity index (χ0n) is 17.4. The Morgan fingerprint density at radius 3 is 2.84 bits per heavy atom. The van der Waals surface area contributed by atoms with Gasteiger partial charge in [0.2, 0.25) is 5.91 Å². The van der Waals surface area contributed by atoms with Crippen LogP contribution < -0.4 is 5.32 Å². The van der Waals surface area contributed by atoms with E-state index >= 15 is 0 Å². The van der Waals surface area contributed by atoms with Crippen molar-refractivity contribution < 1.29 is 9.59 Å². The molecule has 0 saturated carbocycles. The van der Waals surface area contributed by atoms with Gasteiger partial charge in [-0.2, -0.15) is 0 Å². The van der Waals surface area contributed by atoms with Crippen LogP contribution >= 0.6 is 23.1 Å². The Morgan fingerprint density at radius 2 is 2.06 bits per heavy atom. The lowest BCUT2D eigenvalue weighted by molar-refractivity contribution is -0.121. The number of benzene rings is 1. The van der Waals surface area contributed by atoms with Gasteiger partial charge in [0, 0.05) is 34.8 Å². The number of piperidine rings is 1. The van der Waals surface area contributed by atoms with E-state index in [0.29, 0.717) is 24.5 Å². The number of aryl methyl sites for hydroxylation is 1. The predicted molar refractivity (Wildman–Crippen MR) is 127 cm³/mol. The molecule has 0 bridgehead atoms. The Labute approximate surface area is 190 Å². The van der Waals surface area contributed by atoms with Gasteiger partial charge in [0.1, 0.15) is 5.82 Å². The van der Waals surface area contributed by atoms with Crippen LogP contribution in [0.1, 0.15) is 33.6 Å². The van der Waals surface area contributed by atoms with Crippen LogP contribution in [-0.2, 0) is 10.5 Å². The van der Waals surface area contributed by atoms with E-state index in [1.54, 1.807) is 35.4 Å². The number of pyridine rings is 1. The summed E-state index contributed by atoms with van der Waals surface area (Å²) in [7, 11) is 0. The van der Waals surface area contributed by atoms with Crippen molar-refractivity contribution in [3.8, 4) is 0 Å². The number of amides is 2. The van der Waals surface area contributed by atoms with E-state index in [4.69, 9.17) is 0 Å². The standard InChI is InChI=1S/C24H25N3O2S2/c1-17-10-11-22(25-14-17)26-23(28)18-6-4-12-27(15-18)24(29)20-8-2-3-9-21(20)31-16-19-7-5-13-30-19/h2-3,5,7-11,13-14,18H,4,6,12,15-16H2,1H3,(H,25,26,28). The number of nitrogens with one attached hydrogen (secondary N) is 1. The van der Waals surface area contributed by atoms with Crippen LogP contribution in [0.25, 0.3) is 0 Å². The van der Waals surface area contributed by atoms with Gasteiger partial charge in [-0.25, -0.2) is 4.98 Å². The maximum absolute atomic E-state index is 13.3. The minimum absolute atomic E-state index is 0.000223. The van der Waals surface area contributed by atoms with Crippen molar-refractivity contribution in [2.24, 2.45) is 5.92 Å². The van der Waals surface area contributed by atoms with Gasteiger partial charge in [-0.1, -0.05) is 24.3 Å². The molecule has 3 aromatic rings. The molecular formula is C24H25N3O2S2. The minimum atomic E-state index is -0.230. The molecule has 2 aromatic heterocycles. The summed E-state index contributed by atoms with van der Waals surface area (Å²) in [6.45, 7) is 3.07. The van der Waals surface area contributed by atoms with Gasteiger partial charge < -0.3 is 10.2 Å². The quantitative estimate of drug-likeness (QED) is 0.521. The summed E-state index contributed by atoms with van der Waals surface area (Å²) in [5.41, 5.74) is 1.76. The lowest BCUT2D eigenvalue weighted by Gasteiger charge is -2.32. The van der Waals surface area contributed by atoms with Crippen molar-refractivity contribution in [3.63, 3.8) is 0 Å². The molecule has 0 spiro atoms. The zero-order chi connectivity index (χ0) is 21.6. The maximum Gasteiger partial charge on any atom is 0.255 e. The number of aromatic nitrogens is 1. The normalized spacial score (nSPS) is 16.2. The summed E-state index contributed by atoms with van der Waals surface area (Å²) in [6.07, 6.45) is 3.32. The molecule has 160 valence electrons. The average molecular weight is 452 g/mol. The monoisotopic (exact) mass is 451 g/mol. The van der Waals surface area contributed by atoms with Gasteiger partial charge in [0.05, 0.1) is 11.5 Å². The summed E-state index contributed by atoms with van der Waals surface area (Å²) in [6, 6.07) is 15.6. The SMILES string of the molecule is Cc1ccc(NC(=O)C2CCCN(C(=O)c3ccccc3SCc3cccs3)C2)nc1. The van der Waals surface area contributed by atoms with Gasteiger partial charge >= 0.3 is 0 Å². The summed E-state index contributed by atoms with van der Waals surface area (Å²) in [4.78, 5) is 34.4. The van der Waals surface area contributed by atoms with E-state index < -0.39 is 0 Å². The number of nitrogens with zero attached hydrogens (tertiary/aromatic N) is 2. The molecule has 1 aliphatic rings. The molecule has 1 aromatic carbocycles. The summed E-state index contributed by atoms with van der Waals surface area (Å²) in [5, 5.41) is 4.96.